The van der Waals surface area contributed by atoms with E-state index in [9.17, 15) is 9.59 Å². The number of hydrogen-bond acceptors (Lipinski definition) is 4. The molecule has 0 aromatic heterocycles. The number of ether oxygens (including phenoxy) is 1. The summed E-state index contributed by atoms with van der Waals surface area (Å²) in [6, 6.07) is 11.5. The molecule has 3 N–H and O–H groups in total. The van der Waals surface area contributed by atoms with Crippen molar-refractivity contribution in [3.05, 3.63) is 53.1 Å². The number of benzene rings is 2. The molecule has 0 bridgehead atoms. The zero-order chi connectivity index (χ0) is 18.3. The Kier molecular flexibility index (Phi) is 4.12. The monoisotopic (exact) mass is 351 g/mol. The second-order valence-electron chi connectivity index (χ2n) is 6.88. The first-order valence-electron chi connectivity index (χ1n) is 8.78. The Bertz CT molecular complexity index is 894. The molecule has 0 radical (unpaired) electrons. The van der Waals surface area contributed by atoms with Gasteiger partial charge in [-0.1, -0.05) is 6.07 Å². The summed E-state index contributed by atoms with van der Waals surface area (Å²) in [5, 5.41) is 9.09. The van der Waals surface area contributed by atoms with Crippen LogP contribution >= 0.6 is 0 Å². The number of rotatable bonds is 2. The summed E-state index contributed by atoms with van der Waals surface area (Å²) in [6.45, 7) is 4.67. The summed E-state index contributed by atoms with van der Waals surface area (Å²) in [7, 11) is 0. The molecule has 2 aromatic rings. The van der Waals surface area contributed by atoms with E-state index in [-0.39, 0.29) is 11.8 Å². The van der Waals surface area contributed by atoms with Crippen molar-refractivity contribution in [3.63, 3.8) is 0 Å². The van der Waals surface area contributed by atoms with Crippen molar-refractivity contribution in [2.45, 2.75) is 39.0 Å². The van der Waals surface area contributed by atoms with Crippen LogP contribution in [0.5, 0.6) is 5.75 Å². The molecule has 2 heterocycles. The van der Waals surface area contributed by atoms with Crippen LogP contribution in [0.25, 0.3) is 0 Å². The molecule has 0 spiro atoms. The second-order valence-corrected chi connectivity index (χ2v) is 6.88. The molecule has 4 rings (SSSR count). The minimum absolute atomic E-state index is 0.171. The van der Waals surface area contributed by atoms with Gasteiger partial charge < -0.3 is 20.7 Å². The molecular weight excluding hydrogens is 330 g/mol. The molecule has 2 aliphatic heterocycles. The first kappa shape index (κ1) is 16.6. The van der Waals surface area contributed by atoms with Gasteiger partial charge in [0.25, 0.3) is 11.8 Å². The summed E-state index contributed by atoms with van der Waals surface area (Å²) >= 11 is 0. The normalized spacial score (nSPS) is 21.1. The van der Waals surface area contributed by atoms with Crippen molar-refractivity contribution in [1.29, 1.82) is 0 Å². The highest BCUT2D eigenvalue weighted by Crippen LogP contribution is 2.32. The maximum atomic E-state index is 12.6. The van der Waals surface area contributed by atoms with Crippen LogP contribution in [0, 0.1) is 0 Å². The van der Waals surface area contributed by atoms with Crippen molar-refractivity contribution in [3.8, 4) is 5.75 Å². The number of fused-ring (bicyclic) bond motifs is 2. The lowest BCUT2D eigenvalue weighted by Crippen LogP contribution is -2.34. The molecule has 6 nitrogen and oxygen atoms in total. The van der Waals surface area contributed by atoms with E-state index in [1.807, 2.05) is 18.2 Å². The van der Waals surface area contributed by atoms with Crippen molar-refractivity contribution in [1.82, 2.24) is 5.32 Å². The van der Waals surface area contributed by atoms with Crippen LogP contribution in [0.3, 0.4) is 0 Å². The molecule has 0 saturated carbocycles. The Morgan fingerprint density at radius 3 is 2.85 bits per heavy atom. The summed E-state index contributed by atoms with van der Waals surface area (Å²) in [4.78, 5) is 24.4. The fraction of sp³-hybridized carbons (Fsp3) is 0.300. The van der Waals surface area contributed by atoms with Gasteiger partial charge in [-0.25, -0.2) is 0 Å². The molecule has 2 unspecified atom stereocenters. The van der Waals surface area contributed by atoms with Crippen molar-refractivity contribution < 1.29 is 14.3 Å². The van der Waals surface area contributed by atoms with E-state index in [0.717, 1.165) is 13.0 Å². The van der Waals surface area contributed by atoms with E-state index in [1.165, 1.54) is 11.1 Å². The van der Waals surface area contributed by atoms with Gasteiger partial charge in [-0.15, -0.1) is 0 Å². The van der Waals surface area contributed by atoms with Crippen molar-refractivity contribution in [2.75, 3.05) is 10.6 Å². The smallest absolute Gasteiger partial charge is 0.265 e. The number of nitrogens with one attached hydrogen (secondary N) is 3. The molecule has 2 amide bonds. The first-order valence-corrected chi connectivity index (χ1v) is 8.78. The maximum absolute atomic E-state index is 12.6. The molecule has 26 heavy (non-hydrogen) atoms. The molecule has 2 aromatic carbocycles. The van der Waals surface area contributed by atoms with Crippen LogP contribution in [0.1, 0.15) is 35.3 Å². The minimum Gasteiger partial charge on any atom is -0.479 e. The van der Waals surface area contributed by atoms with Gasteiger partial charge in [-0.3, -0.25) is 9.59 Å². The number of hydrogen-bond donors (Lipinski definition) is 3. The third kappa shape index (κ3) is 3.15. The molecule has 0 saturated heterocycles. The van der Waals surface area contributed by atoms with E-state index in [4.69, 9.17) is 4.74 Å². The second kappa shape index (κ2) is 6.46. The van der Waals surface area contributed by atoms with Gasteiger partial charge >= 0.3 is 0 Å². The van der Waals surface area contributed by atoms with Crippen molar-refractivity contribution >= 4 is 23.2 Å². The number of carbonyl (C=O) groups excluding carboxylic acids is 2. The Morgan fingerprint density at radius 1 is 1.15 bits per heavy atom. The Balaban J connectivity index is 1.53. The van der Waals surface area contributed by atoms with Gasteiger partial charge in [0, 0.05) is 23.8 Å². The average molecular weight is 351 g/mol. The number of anilines is 2. The first-order chi connectivity index (χ1) is 12.5. The highest BCUT2D eigenvalue weighted by Gasteiger charge is 2.24. The molecule has 134 valence electrons. The molecular formula is C20H21N3O3. The highest BCUT2D eigenvalue weighted by molar-refractivity contribution is 6.05. The molecule has 2 atom stereocenters. The van der Waals surface area contributed by atoms with Crippen LogP contribution in [-0.4, -0.2) is 24.0 Å². The van der Waals surface area contributed by atoms with E-state index >= 15 is 0 Å². The maximum Gasteiger partial charge on any atom is 0.265 e. The highest BCUT2D eigenvalue weighted by atomic mass is 16.5. The quantitative estimate of drug-likeness (QED) is 0.777. The Hall–Kier alpha value is -2.86. The standard InChI is InChI=1S/C20H21N3O3/c1-11-7-15-8-13(3-4-14(15)10-21-11)20(25)22-16-5-6-18-17(9-16)23-19(24)12(2)26-18/h3-6,8-9,11-12,21H,7,10H2,1-2H3,(H,22,25)(H,23,24). The number of amides is 2. The Labute approximate surface area is 151 Å². The van der Waals surface area contributed by atoms with Crippen LogP contribution in [0.15, 0.2) is 36.4 Å². The minimum atomic E-state index is -0.518. The zero-order valence-electron chi connectivity index (χ0n) is 14.8. The van der Waals surface area contributed by atoms with Gasteiger partial charge in [0.15, 0.2) is 6.10 Å². The zero-order valence-corrected chi connectivity index (χ0v) is 14.8. The van der Waals surface area contributed by atoms with Gasteiger partial charge in [0.05, 0.1) is 5.69 Å². The van der Waals surface area contributed by atoms with Crippen LogP contribution in [-0.2, 0) is 17.8 Å². The van der Waals surface area contributed by atoms with E-state index in [1.54, 1.807) is 25.1 Å². The lowest BCUT2D eigenvalue weighted by atomic mass is 9.94. The van der Waals surface area contributed by atoms with Gasteiger partial charge in [0.1, 0.15) is 5.75 Å². The van der Waals surface area contributed by atoms with E-state index in [0.29, 0.717) is 28.7 Å². The topological polar surface area (TPSA) is 79.5 Å². The third-order valence-electron chi connectivity index (χ3n) is 4.80. The fourth-order valence-corrected chi connectivity index (χ4v) is 3.31. The molecule has 2 aliphatic rings. The summed E-state index contributed by atoms with van der Waals surface area (Å²) < 4.78 is 5.53. The van der Waals surface area contributed by atoms with Crippen LogP contribution in [0.4, 0.5) is 11.4 Å². The molecule has 0 aliphatic carbocycles. The lowest BCUT2D eigenvalue weighted by Gasteiger charge is -2.24. The van der Waals surface area contributed by atoms with Crippen molar-refractivity contribution in [2.24, 2.45) is 0 Å². The van der Waals surface area contributed by atoms with Crippen LogP contribution < -0.4 is 20.7 Å². The van der Waals surface area contributed by atoms with Gasteiger partial charge in [-0.05, 0) is 61.7 Å². The van der Waals surface area contributed by atoms with E-state index in [2.05, 4.69) is 22.9 Å². The summed E-state index contributed by atoms with van der Waals surface area (Å²) in [5.41, 5.74) is 4.26. The van der Waals surface area contributed by atoms with Crippen LogP contribution in [0.2, 0.25) is 0 Å². The molecule has 6 heteroatoms. The largest absolute Gasteiger partial charge is 0.479 e. The Morgan fingerprint density at radius 2 is 2.00 bits per heavy atom. The number of carbonyl (C=O) groups is 2. The summed E-state index contributed by atoms with van der Waals surface area (Å²) in [6.07, 6.45) is 0.395. The van der Waals surface area contributed by atoms with Gasteiger partial charge in [0.2, 0.25) is 0 Å². The average Bonchev–Trinajstić information content (AvgIpc) is 2.62. The van der Waals surface area contributed by atoms with E-state index < -0.39 is 6.10 Å². The fourth-order valence-electron chi connectivity index (χ4n) is 3.31. The molecule has 0 fully saturated rings. The summed E-state index contributed by atoms with van der Waals surface area (Å²) in [5.74, 6) is 0.235. The predicted molar refractivity (Wildman–Crippen MR) is 99.6 cm³/mol. The van der Waals surface area contributed by atoms with Gasteiger partial charge in [-0.2, -0.15) is 0 Å². The third-order valence-corrected chi connectivity index (χ3v) is 4.80. The lowest BCUT2D eigenvalue weighted by molar-refractivity contribution is -0.122. The predicted octanol–water partition coefficient (Wildman–Crippen LogP) is 2.69. The SMILES string of the molecule is CC1Cc2cc(C(=O)Nc3ccc4c(c3)NC(=O)C(C)O4)ccc2CN1.